The van der Waals surface area contributed by atoms with Crippen LogP contribution in [-0.2, 0) is 4.79 Å². The lowest BCUT2D eigenvalue weighted by Gasteiger charge is -2.18. The van der Waals surface area contributed by atoms with Crippen molar-refractivity contribution in [1.82, 2.24) is 0 Å². The smallest absolute Gasteiger partial charge is 0.242 e. The van der Waals surface area contributed by atoms with E-state index in [0.717, 1.165) is 16.0 Å². The van der Waals surface area contributed by atoms with Crippen molar-refractivity contribution in [3.63, 3.8) is 0 Å². The summed E-state index contributed by atoms with van der Waals surface area (Å²) in [7, 11) is 1.60. The molecular formula is C22H21NO2S. The number of rotatable bonds is 6. The summed E-state index contributed by atoms with van der Waals surface area (Å²) in [5.74, 6) is 0.578. The number of amides is 1. The first kappa shape index (κ1) is 18.1. The zero-order valence-corrected chi connectivity index (χ0v) is 15.6. The van der Waals surface area contributed by atoms with Gasteiger partial charge in [-0.1, -0.05) is 54.6 Å². The Bertz CT molecular complexity index is 866. The number of hydrogen-bond donors (Lipinski definition) is 1. The second-order valence-electron chi connectivity index (χ2n) is 5.91. The van der Waals surface area contributed by atoms with Crippen molar-refractivity contribution in [2.24, 2.45) is 0 Å². The van der Waals surface area contributed by atoms with Crippen LogP contribution in [-0.4, -0.2) is 13.0 Å². The fraction of sp³-hybridized carbons (Fsp3) is 0.136. The lowest BCUT2D eigenvalue weighted by Crippen LogP contribution is -2.19. The highest BCUT2D eigenvalue weighted by Crippen LogP contribution is 2.37. The highest BCUT2D eigenvalue weighted by molar-refractivity contribution is 8.00. The Kier molecular flexibility index (Phi) is 5.97. The monoisotopic (exact) mass is 363 g/mol. The van der Waals surface area contributed by atoms with Gasteiger partial charge in [0.25, 0.3) is 0 Å². The molecule has 1 atom stereocenters. The zero-order valence-electron chi connectivity index (χ0n) is 14.8. The molecule has 26 heavy (non-hydrogen) atoms. The molecule has 0 aromatic heterocycles. The molecule has 0 spiro atoms. The maximum atomic E-state index is 13.1. The van der Waals surface area contributed by atoms with Crippen molar-refractivity contribution in [3.05, 3.63) is 90.0 Å². The maximum absolute atomic E-state index is 13.1. The Labute approximate surface area is 158 Å². The number of ether oxygens (including phenoxy) is 1. The van der Waals surface area contributed by atoms with E-state index in [0.29, 0.717) is 11.4 Å². The Hall–Kier alpha value is -2.72. The van der Waals surface area contributed by atoms with Crippen molar-refractivity contribution in [3.8, 4) is 5.75 Å². The molecule has 3 nitrogen and oxygen atoms in total. The Morgan fingerprint density at radius 2 is 1.62 bits per heavy atom. The van der Waals surface area contributed by atoms with E-state index < -0.39 is 0 Å². The molecule has 0 saturated carbocycles. The fourth-order valence-electron chi connectivity index (χ4n) is 2.65. The topological polar surface area (TPSA) is 38.3 Å². The molecule has 0 saturated heterocycles. The quantitative estimate of drug-likeness (QED) is 0.590. The molecule has 0 unspecified atom stereocenters. The van der Waals surface area contributed by atoms with Gasteiger partial charge in [-0.15, -0.1) is 11.8 Å². The summed E-state index contributed by atoms with van der Waals surface area (Å²) in [6.45, 7) is 1.99. The maximum Gasteiger partial charge on any atom is 0.242 e. The number of anilines is 1. The summed E-state index contributed by atoms with van der Waals surface area (Å²) in [4.78, 5) is 14.2. The summed E-state index contributed by atoms with van der Waals surface area (Å²) in [6, 6.07) is 25.5. The molecule has 0 heterocycles. The Morgan fingerprint density at radius 3 is 2.27 bits per heavy atom. The minimum Gasteiger partial charge on any atom is -0.495 e. The lowest BCUT2D eigenvalue weighted by atomic mass is 10.1. The number of methoxy groups -OCH3 is 1. The average molecular weight is 363 g/mol. The molecule has 1 N–H and O–H groups in total. The lowest BCUT2D eigenvalue weighted by molar-refractivity contribution is -0.115. The first-order chi connectivity index (χ1) is 12.7. The van der Waals surface area contributed by atoms with Gasteiger partial charge in [-0.25, -0.2) is 0 Å². The van der Waals surface area contributed by atoms with E-state index in [1.165, 1.54) is 11.8 Å². The summed E-state index contributed by atoms with van der Waals surface area (Å²) in [5.41, 5.74) is 2.71. The van der Waals surface area contributed by atoms with E-state index in [9.17, 15) is 4.79 Å². The van der Waals surface area contributed by atoms with Gasteiger partial charge in [-0.05, 0) is 42.3 Å². The van der Waals surface area contributed by atoms with Crippen LogP contribution in [0.15, 0.2) is 83.8 Å². The molecule has 0 aliphatic heterocycles. The van der Waals surface area contributed by atoms with Crippen LogP contribution in [0.25, 0.3) is 0 Å². The molecule has 3 rings (SSSR count). The van der Waals surface area contributed by atoms with Crippen LogP contribution in [0.2, 0.25) is 0 Å². The molecule has 3 aromatic carbocycles. The highest BCUT2D eigenvalue weighted by atomic mass is 32.2. The highest BCUT2D eigenvalue weighted by Gasteiger charge is 2.23. The number of carbonyl (C=O) groups excluding carboxylic acids is 1. The fourth-order valence-corrected chi connectivity index (χ4v) is 3.70. The van der Waals surface area contributed by atoms with Crippen molar-refractivity contribution < 1.29 is 9.53 Å². The van der Waals surface area contributed by atoms with Crippen LogP contribution in [0, 0.1) is 6.92 Å². The van der Waals surface area contributed by atoms with Crippen LogP contribution in [0.1, 0.15) is 16.4 Å². The molecule has 132 valence electrons. The van der Waals surface area contributed by atoms with Crippen LogP contribution in [0.3, 0.4) is 0 Å². The van der Waals surface area contributed by atoms with Gasteiger partial charge in [0.1, 0.15) is 11.0 Å². The number of benzene rings is 3. The van der Waals surface area contributed by atoms with Gasteiger partial charge >= 0.3 is 0 Å². The SMILES string of the molecule is COc1ccc(C)cc1NC(=O)[C@@H](Sc1ccccc1)c1ccccc1. The van der Waals surface area contributed by atoms with Gasteiger partial charge in [0.05, 0.1) is 12.8 Å². The summed E-state index contributed by atoms with van der Waals surface area (Å²) in [6.07, 6.45) is 0. The second kappa shape index (κ2) is 8.59. The third kappa shape index (κ3) is 4.46. The van der Waals surface area contributed by atoms with Crippen molar-refractivity contribution in [1.29, 1.82) is 0 Å². The molecule has 3 aromatic rings. The molecular weight excluding hydrogens is 342 g/mol. The third-order valence-electron chi connectivity index (χ3n) is 3.95. The van der Waals surface area contributed by atoms with E-state index in [4.69, 9.17) is 4.74 Å². The summed E-state index contributed by atoms with van der Waals surface area (Å²) in [5, 5.41) is 2.68. The normalized spacial score (nSPS) is 11.6. The largest absolute Gasteiger partial charge is 0.495 e. The number of thioether (sulfide) groups is 1. The van der Waals surface area contributed by atoms with E-state index >= 15 is 0 Å². The predicted octanol–water partition coefficient (Wildman–Crippen LogP) is 5.48. The average Bonchev–Trinajstić information content (AvgIpc) is 2.68. The molecule has 0 bridgehead atoms. The van der Waals surface area contributed by atoms with E-state index in [1.54, 1.807) is 7.11 Å². The van der Waals surface area contributed by atoms with Gasteiger partial charge in [-0.2, -0.15) is 0 Å². The summed E-state index contributed by atoms with van der Waals surface area (Å²) >= 11 is 1.53. The Balaban J connectivity index is 1.89. The predicted molar refractivity (Wildman–Crippen MR) is 108 cm³/mol. The molecule has 0 aliphatic carbocycles. The van der Waals surface area contributed by atoms with Gasteiger partial charge < -0.3 is 10.1 Å². The number of carbonyl (C=O) groups is 1. The first-order valence-electron chi connectivity index (χ1n) is 8.39. The van der Waals surface area contributed by atoms with Gasteiger partial charge in [0.2, 0.25) is 5.91 Å². The summed E-state index contributed by atoms with van der Waals surface area (Å²) < 4.78 is 5.38. The molecule has 1 amide bonds. The van der Waals surface area contributed by atoms with Crippen LogP contribution in [0.5, 0.6) is 5.75 Å². The molecule has 0 radical (unpaired) electrons. The zero-order chi connectivity index (χ0) is 18.4. The van der Waals surface area contributed by atoms with E-state index in [1.807, 2.05) is 85.8 Å². The third-order valence-corrected chi connectivity index (χ3v) is 5.22. The van der Waals surface area contributed by atoms with Gasteiger partial charge in [-0.3, -0.25) is 4.79 Å². The first-order valence-corrected chi connectivity index (χ1v) is 9.27. The molecule has 0 fully saturated rings. The van der Waals surface area contributed by atoms with Gasteiger partial charge in [0.15, 0.2) is 0 Å². The van der Waals surface area contributed by atoms with Crippen molar-refractivity contribution >= 4 is 23.4 Å². The number of nitrogens with one attached hydrogen (secondary N) is 1. The minimum absolute atomic E-state index is 0.0750. The van der Waals surface area contributed by atoms with E-state index in [2.05, 4.69) is 5.32 Å². The number of aryl methyl sites for hydroxylation is 1. The van der Waals surface area contributed by atoms with Crippen LogP contribution in [0.4, 0.5) is 5.69 Å². The molecule has 4 heteroatoms. The minimum atomic E-state index is -0.358. The number of hydrogen-bond acceptors (Lipinski definition) is 3. The second-order valence-corrected chi connectivity index (χ2v) is 7.09. The van der Waals surface area contributed by atoms with E-state index in [-0.39, 0.29) is 11.2 Å². The van der Waals surface area contributed by atoms with Crippen LogP contribution >= 0.6 is 11.8 Å². The van der Waals surface area contributed by atoms with Crippen LogP contribution < -0.4 is 10.1 Å². The van der Waals surface area contributed by atoms with Crippen molar-refractivity contribution in [2.75, 3.05) is 12.4 Å². The van der Waals surface area contributed by atoms with Gasteiger partial charge in [0, 0.05) is 4.90 Å². The standard InChI is InChI=1S/C22H21NO2S/c1-16-13-14-20(25-2)19(15-16)23-22(24)21(17-9-5-3-6-10-17)26-18-11-7-4-8-12-18/h3-15,21H,1-2H3,(H,23,24)/t21-/m0/s1. The molecule has 0 aliphatic rings. The Morgan fingerprint density at radius 1 is 0.962 bits per heavy atom. The van der Waals surface area contributed by atoms with Crippen molar-refractivity contribution in [2.45, 2.75) is 17.1 Å².